The summed E-state index contributed by atoms with van der Waals surface area (Å²) in [4.78, 5) is 14.1. The number of sulfonamides is 1. The van der Waals surface area contributed by atoms with Crippen molar-refractivity contribution in [2.75, 3.05) is 12.8 Å². The summed E-state index contributed by atoms with van der Waals surface area (Å²) in [6.07, 6.45) is 6.17. The molecule has 47 heavy (non-hydrogen) atoms. The first-order valence-electron chi connectivity index (χ1n) is 16.3. The molecule has 3 aromatic rings. The number of allylic oxidation sites excluding steroid dienone is 2. The van der Waals surface area contributed by atoms with Gasteiger partial charge in [0.05, 0.1) is 18.0 Å². The molecule has 252 valence electrons. The van der Waals surface area contributed by atoms with Crippen molar-refractivity contribution in [3.05, 3.63) is 117 Å². The van der Waals surface area contributed by atoms with Crippen LogP contribution in [0.15, 0.2) is 78.4 Å². The number of aliphatic hydroxyl groups excluding tert-OH is 1. The molecule has 0 saturated heterocycles. The van der Waals surface area contributed by atoms with Crippen molar-refractivity contribution in [1.29, 1.82) is 0 Å². The standard InChI is InChI=1S/C38H45ClFNO5S/c1-26-9-8-19-37(2)33(18-20-38(37,44)25-41(47(3,45)46)24-27-10-5-4-6-11-27)30-17-15-28(21-29(42)16-14-26)22-31(30)36(43)23-32-34(39)12-7-13-35(32)40/h4-7,9-13,15,17,22,29,33,42,44H,8,14,16,18-21,23-25H2,1-3H3. The molecule has 0 aromatic heterocycles. The van der Waals surface area contributed by atoms with E-state index in [0.717, 1.165) is 22.3 Å². The maximum atomic E-state index is 14.8. The van der Waals surface area contributed by atoms with Crippen molar-refractivity contribution in [3.63, 3.8) is 0 Å². The summed E-state index contributed by atoms with van der Waals surface area (Å²) in [5.74, 6) is -1.15. The van der Waals surface area contributed by atoms with Gasteiger partial charge in [-0.05, 0) is 92.7 Å². The smallest absolute Gasteiger partial charge is 0.211 e. The third kappa shape index (κ3) is 7.89. The number of halogens is 2. The molecule has 0 radical (unpaired) electrons. The second kappa shape index (κ2) is 14.3. The minimum atomic E-state index is -3.69. The number of carbonyl (C=O) groups excluding carboxylic acids is 1. The summed E-state index contributed by atoms with van der Waals surface area (Å²) in [6.45, 7) is 4.10. The predicted molar refractivity (Wildman–Crippen MR) is 185 cm³/mol. The first-order valence-corrected chi connectivity index (χ1v) is 18.6. The number of carbonyl (C=O) groups is 1. The Morgan fingerprint density at radius 1 is 1.06 bits per heavy atom. The molecule has 2 bridgehead atoms. The number of benzene rings is 3. The van der Waals surface area contributed by atoms with Crippen molar-refractivity contribution in [2.45, 2.75) is 89.4 Å². The third-order valence-electron chi connectivity index (χ3n) is 10.5. The molecule has 1 saturated carbocycles. The quantitative estimate of drug-likeness (QED) is 0.191. The van der Waals surface area contributed by atoms with Crippen LogP contribution in [0.2, 0.25) is 5.02 Å². The van der Waals surface area contributed by atoms with E-state index >= 15 is 0 Å². The van der Waals surface area contributed by atoms with Gasteiger partial charge in [-0.2, -0.15) is 4.31 Å². The minimum absolute atomic E-state index is 0.0885. The lowest BCUT2D eigenvalue weighted by atomic mass is 9.64. The van der Waals surface area contributed by atoms with Crippen LogP contribution in [0.25, 0.3) is 0 Å². The van der Waals surface area contributed by atoms with Gasteiger partial charge in [-0.15, -0.1) is 0 Å². The molecule has 6 rings (SSSR count). The molecular formula is C38H45ClFNO5S. The SMILES string of the molecule is CC1=CCCC2(C)C(CCC2(O)CN(Cc2ccccc2)S(C)(=O)=O)c2ccc(cc2C(=O)Cc2c(F)cccc2Cl)CC(O)CC1. The van der Waals surface area contributed by atoms with Crippen LogP contribution in [0.3, 0.4) is 0 Å². The maximum Gasteiger partial charge on any atom is 0.211 e. The van der Waals surface area contributed by atoms with Gasteiger partial charge < -0.3 is 10.2 Å². The number of Topliss-reactive ketones (excluding diaryl/α,β-unsaturated/α-hetero) is 1. The zero-order valence-electron chi connectivity index (χ0n) is 27.4. The molecule has 3 aliphatic rings. The zero-order chi connectivity index (χ0) is 34.0. The Bertz CT molecular complexity index is 1730. The van der Waals surface area contributed by atoms with E-state index in [1.165, 1.54) is 22.7 Å². The molecule has 9 heteroatoms. The fourth-order valence-electron chi connectivity index (χ4n) is 7.57. The Labute approximate surface area is 283 Å². The van der Waals surface area contributed by atoms with Gasteiger partial charge in [0, 0.05) is 41.1 Å². The molecule has 1 fully saturated rings. The lowest BCUT2D eigenvalue weighted by molar-refractivity contribution is -0.0731. The average Bonchev–Trinajstić information content (AvgIpc) is 3.26. The first kappa shape index (κ1) is 35.4. The normalized spacial score (nSPS) is 25.3. The van der Waals surface area contributed by atoms with Crippen molar-refractivity contribution in [1.82, 2.24) is 4.31 Å². The summed E-state index contributed by atoms with van der Waals surface area (Å²) in [7, 11) is -3.69. The number of aliphatic hydroxyl groups is 2. The topological polar surface area (TPSA) is 94.9 Å². The third-order valence-corrected chi connectivity index (χ3v) is 12.0. The second-order valence-corrected chi connectivity index (χ2v) is 16.2. The summed E-state index contributed by atoms with van der Waals surface area (Å²) in [5.41, 5.74) is 1.83. The number of hydrogen-bond donors (Lipinski definition) is 2. The average molecular weight is 682 g/mol. The molecule has 0 amide bonds. The number of rotatable bonds is 8. The molecular weight excluding hydrogens is 637 g/mol. The first-order chi connectivity index (χ1) is 22.2. The van der Waals surface area contributed by atoms with E-state index < -0.39 is 33.0 Å². The minimum Gasteiger partial charge on any atom is -0.393 e. The largest absolute Gasteiger partial charge is 0.393 e. The highest BCUT2D eigenvalue weighted by molar-refractivity contribution is 7.88. The van der Waals surface area contributed by atoms with Gasteiger partial charge in [0.2, 0.25) is 10.0 Å². The lowest BCUT2D eigenvalue weighted by Crippen LogP contribution is -2.53. The summed E-state index contributed by atoms with van der Waals surface area (Å²) in [6, 6.07) is 19.3. The monoisotopic (exact) mass is 681 g/mol. The second-order valence-electron chi connectivity index (χ2n) is 13.8. The van der Waals surface area contributed by atoms with Gasteiger partial charge >= 0.3 is 0 Å². The molecule has 6 nitrogen and oxygen atoms in total. The Kier molecular flexibility index (Phi) is 10.8. The van der Waals surface area contributed by atoms with Gasteiger partial charge in [-0.25, -0.2) is 12.8 Å². The summed E-state index contributed by atoms with van der Waals surface area (Å²) >= 11 is 6.33. The number of ketones is 1. The van der Waals surface area contributed by atoms with E-state index in [1.54, 1.807) is 12.1 Å². The van der Waals surface area contributed by atoms with E-state index in [2.05, 4.69) is 6.08 Å². The summed E-state index contributed by atoms with van der Waals surface area (Å²) < 4.78 is 42.5. The molecule has 3 aliphatic carbocycles. The number of hydrogen-bond acceptors (Lipinski definition) is 5. The molecule has 4 unspecified atom stereocenters. The number of nitrogens with zero attached hydrogens (tertiary/aromatic N) is 1. The van der Waals surface area contributed by atoms with E-state index in [4.69, 9.17) is 11.6 Å². The Balaban J connectivity index is 1.60. The van der Waals surface area contributed by atoms with Crippen LogP contribution in [0.1, 0.15) is 90.9 Å². The Morgan fingerprint density at radius 3 is 2.51 bits per heavy atom. The highest BCUT2D eigenvalue weighted by atomic mass is 35.5. The van der Waals surface area contributed by atoms with Crippen molar-refractivity contribution in [2.24, 2.45) is 5.41 Å². The van der Waals surface area contributed by atoms with Crippen molar-refractivity contribution < 1.29 is 27.8 Å². The van der Waals surface area contributed by atoms with Crippen LogP contribution in [0.5, 0.6) is 0 Å². The Hall–Kier alpha value is -2.88. The molecule has 0 spiro atoms. The Morgan fingerprint density at radius 2 is 1.81 bits per heavy atom. The highest BCUT2D eigenvalue weighted by Crippen LogP contribution is 2.59. The van der Waals surface area contributed by atoms with Crippen molar-refractivity contribution in [3.8, 4) is 0 Å². The van der Waals surface area contributed by atoms with Crippen LogP contribution in [0.4, 0.5) is 4.39 Å². The number of fused-ring (bicyclic) bond motifs is 8. The van der Waals surface area contributed by atoms with E-state index in [9.17, 15) is 27.8 Å². The van der Waals surface area contributed by atoms with Crippen LogP contribution < -0.4 is 0 Å². The predicted octanol–water partition coefficient (Wildman–Crippen LogP) is 7.40. The molecule has 0 heterocycles. The van der Waals surface area contributed by atoms with Gasteiger partial charge in [0.1, 0.15) is 5.82 Å². The fourth-order valence-corrected chi connectivity index (χ4v) is 8.63. The molecule has 0 aliphatic heterocycles. The van der Waals surface area contributed by atoms with Crippen LogP contribution >= 0.6 is 11.6 Å². The van der Waals surface area contributed by atoms with Gasteiger partial charge in [0.25, 0.3) is 0 Å². The van der Waals surface area contributed by atoms with Crippen molar-refractivity contribution >= 4 is 27.4 Å². The molecule has 2 N–H and O–H groups in total. The highest BCUT2D eigenvalue weighted by Gasteiger charge is 2.57. The molecule has 3 aromatic carbocycles. The van der Waals surface area contributed by atoms with Gasteiger partial charge in [0.15, 0.2) is 5.78 Å². The maximum absolute atomic E-state index is 14.8. The lowest BCUT2D eigenvalue weighted by Gasteiger charge is -2.45. The van der Waals surface area contributed by atoms with Gasteiger partial charge in [-0.3, -0.25) is 4.79 Å². The molecule has 4 atom stereocenters. The van der Waals surface area contributed by atoms with Crippen LogP contribution in [-0.4, -0.2) is 53.2 Å². The fraction of sp³-hybridized carbons (Fsp3) is 0.447. The zero-order valence-corrected chi connectivity index (χ0v) is 29.0. The van der Waals surface area contributed by atoms with Gasteiger partial charge in [-0.1, -0.05) is 78.7 Å². The van der Waals surface area contributed by atoms with Crippen LogP contribution in [0, 0.1) is 11.2 Å². The van der Waals surface area contributed by atoms with E-state index in [1.807, 2.05) is 56.3 Å². The summed E-state index contributed by atoms with van der Waals surface area (Å²) in [5, 5.41) is 23.7. The van der Waals surface area contributed by atoms with E-state index in [-0.39, 0.29) is 41.8 Å². The van der Waals surface area contributed by atoms with E-state index in [0.29, 0.717) is 50.5 Å². The van der Waals surface area contributed by atoms with Crippen LogP contribution in [-0.2, 0) is 29.4 Å².